The highest BCUT2D eigenvalue weighted by Crippen LogP contribution is 2.26. The van der Waals surface area contributed by atoms with E-state index in [0.717, 1.165) is 18.4 Å². The Morgan fingerprint density at radius 1 is 1.45 bits per heavy atom. The first-order chi connectivity index (χ1) is 9.40. The van der Waals surface area contributed by atoms with Gasteiger partial charge in [0.05, 0.1) is 6.10 Å². The van der Waals surface area contributed by atoms with Gasteiger partial charge in [0.1, 0.15) is 4.21 Å². The summed E-state index contributed by atoms with van der Waals surface area (Å²) in [6.07, 6.45) is 1.70. The second-order valence-corrected chi connectivity index (χ2v) is 8.31. The van der Waals surface area contributed by atoms with Gasteiger partial charge in [-0.1, -0.05) is 13.8 Å². The molecule has 0 aliphatic heterocycles. The van der Waals surface area contributed by atoms with Crippen molar-refractivity contribution in [2.75, 3.05) is 7.11 Å². The highest BCUT2D eigenvalue weighted by Gasteiger charge is 2.33. The van der Waals surface area contributed by atoms with Crippen LogP contribution in [0.2, 0.25) is 0 Å². The molecule has 0 unspecified atom stereocenters. The Morgan fingerprint density at radius 3 is 2.75 bits per heavy atom. The lowest BCUT2D eigenvalue weighted by Gasteiger charge is -2.34. The van der Waals surface area contributed by atoms with E-state index in [-0.39, 0.29) is 12.1 Å². The van der Waals surface area contributed by atoms with Crippen molar-refractivity contribution in [3.8, 4) is 0 Å². The number of hydrogen-bond donors (Lipinski definition) is 2. The second-order valence-electron chi connectivity index (χ2n) is 5.46. The molecule has 0 aromatic carbocycles. The van der Waals surface area contributed by atoms with Crippen LogP contribution < -0.4 is 10.0 Å². The molecule has 1 fully saturated rings. The molecule has 5 nitrogen and oxygen atoms in total. The molecule has 0 bridgehead atoms. The summed E-state index contributed by atoms with van der Waals surface area (Å²) in [6, 6.07) is 2.13. The molecule has 1 aliphatic carbocycles. The first kappa shape index (κ1) is 15.9. The molecule has 1 heterocycles. The van der Waals surface area contributed by atoms with Crippen LogP contribution in [0.1, 0.15) is 32.3 Å². The summed E-state index contributed by atoms with van der Waals surface area (Å²) in [5, 5.41) is 5.17. The number of methoxy groups -OCH3 is 1. The van der Waals surface area contributed by atoms with Gasteiger partial charge in [-0.15, -0.1) is 11.3 Å². The van der Waals surface area contributed by atoms with Gasteiger partial charge in [-0.05, 0) is 29.9 Å². The van der Waals surface area contributed by atoms with Crippen LogP contribution in [0.25, 0.3) is 0 Å². The number of rotatable bonds is 7. The molecule has 20 heavy (non-hydrogen) atoms. The van der Waals surface area contributed by atoms with Crippen LogP contribution >= 0.6 is 11.3 Å². The van der Waals surface area contributed by atoms with E-state index in [0.29, 0.717) is 16.8 Å². The molecule has 1 aromatic rings. The third-order valence-corrected chi connectivity index (χ3v) is 6.37. The van der Waals surface area contributed by atoms with Crippen molar-refractivity contribution in [1.29, 1.82) is 0 Å². The second kappa shape index (κ2) is 6.53. The van der Waals surface area contributed by atoms with Gasteiger partial charge in [-0.25, -0.2) is 13.1 Å². The Kier molecular flexibility index (Phi) is 5.19. The third-order valence-electron chi connectivity index (χ3n) is 3.36. The van der Waals surface area contributed by atoms with Crippen molar-refractivity contribution in [3.05, 3.63) is 17.0 Å². The lowest BCUT2D eigenvalue weighted by atomic mass is 9.90. The van der Waals surface area contributed by atoms with Gasteiger partial charge < -0.3 is 10.1 Å². The molecular formula is C13H22N2O3S2. The molecule has 1 saturated carbocycles. The van der Waals surface area contributed by atoms with E-state index in [1.54, 1.807) is 13.2 Å². The largest absolute Gasteiger partial charge is 0.381 e. The Bertz CT molecular complexity index is 534. The average molecular weight is 318 g/mol. The van der Waals surface area contributed by atoms with E-state index in [9.17, 15) is 8.42 Å². The minimum Gasteiger partial charge on any atom is -0.381 e. The minimum absolute atomic E-state index is 0.00397. The fraction of sp³-hybridized carbons (Fsp3) is 0.692. The van der Waals surface area contributed by atoms with E-state index in [2.05, 4.69) is 23.9 Å². The van der Waals surface area contributed by atoms with E-state index >= 15 is 0 Å². The topological polar surface area (TPSA) is 67.4 Å². The molecule has 1 aromatic heterocycles. The van der Waals surface area contributed by atoms with Crippen molar-refractivity contribution >= 4 is 21.4 Å². The molecular weight excluding hydrogens is 296 g/mol. The van der Waals surface area contributed by atoms with Crippen LogP contribution in [0.3, 0.4) is 0 Å². The zero-order chi connectivity index (χ0) is 14.8. The number of nitrogens with one attached hydrogen (secondary N) is 2. The summed E-state index contributed by atoms with van der Waals surface area (Å²) in [7, 11) is -1.73. The van der Waals surface area contributed by atoms with Crippen LogP contribution in [-0.2, 0) is 21.3 Å². The first-order valence-electron chi connectivity index (χ1n) is 6.76. The smallest absolute Gasteiger partial charge is 0.250 e. The van der Waals surface area contributed by atoms with Crippen molar-refractivity contribution in [1.82, 2.24) is 10.0 Å². The van der Waals surface area contributed by atoms with Gasteiger partial charge in [0.15, 0.2) is 0 Å². The van der Waals surface area contributed by atoms with E-state index in [1.165, 1.54) is 11.3 Å². The Morgan fingerprint density at radius 2 is 2.15 bits per heavy atom. The fourth-order valence-corrected chi connectivity index (χ4v) is 4.53. The predicted molar refractivity (Wildman–Crippen MR) is 80.4 cm³/mol. The minimum atomic E-state index is -3.38. The normalized spacial score (nSPS) is 23.0. The van der Waals surface area contributed by atoms with Crippen LogP contribution in [0.5, 0.6) is 0 Å². The summed E-state index contributed by atoms with van der Waals surface area (Å²) in [5.41, 5.74) is 1.01. The molecule has 114 valence electrons. The van der Waals surface area contributed by atoms with Gasteiger partial charge in [0.2, 0.25) is 10.0 Å². The molecule has 2 N–H and O–H groups in total. The summed E-state index contributed by atoms with van der Waals surface area (Å²) in [6.45, 7) is 4.82. The monoisotopic (exact) mass is 318 g/mol. The van der Waals surface area contributed by atoms with Gasteiger partial charge in [-0.3, -0.25) is 0 Å². The number of thiophene rings is 1. The van der Waals surface area contributed by atoms with Gasteiger partial charge in [0, 0.05) is 25.7 Å². The SMILES string of the molecule is COC1CC(NS(=O)(=O)c2cc(CNC(C)C)cs2)C1. The fourth-order valence-electron chi connectivity index (χ4n) is 2.04. The number of ether oxygens (including phenoxy) is 1. The molecule has 1 aliphatic rings. The molecule has 0 amide bonds. The van der Waals surface area contributed by atoms with Crippen LogP contribution in [-0.4, -0.2) is 33.7 Å². The first-order valence-corrected chi connectivity index (χ1v) is 9.13. The lowest BCUT2D eigenvalue weighted by Crippen LogP contribution is -2.47. The van der Waals surface area contributed by atoms with Gasteiger partial charge >= 0.3 is 0 Å². The van der Waals surface area contributed by atoms with Gasteiger partial charge in [-0.2, -0.15) is 0 Å². The van der Waals surface area contributed by atoms with Crippen molar-refractivity contribution in [3.63, 3.8) is 0 Å². The molecule has 0 saturated heterocycles. The van der Waals surface area contributed by atoms with Crippen molar-refractivity contribution in [2.45, 2.75) is 55.6 Å². The zero-order valence-corrected chi connectivity index (χ0v) is 13.7. The predicted octanol–water partition coefficient (Wildman–Crippen LogP) is 1.70. The Hall–Kier alpha value is -0.470. The van der Waals surface area contributed by atoms with Crippen LogP contribution in [0.4, 0.5) is 0 Å². The summed E-state index contributed by atoms with van der Waals surface area (Å²) in [4.78, 5) is 0. The standard InChI is InChI=1S/C13H22N2O3S2/c1-9(2)14-7-10-4-13(19-8-10)20(16,17)15-11-5-12(6-11)18-3/h4,8-9,11-12,14-15H,5-7H2,1-3H3. The Labute approximate surface area is 124 Å². The summed E-state index contributed by atoms with van der Waals surface area (Å²) >= 11 is 1.27. The maximum absolute atomic E-state index is 12.2. The third kappa shape index (κ3) is 4.02. The van der Waals surface area contributed by atoms with Crippen molar-refractivity contribution < 1.29 is 13.2 Å². The average Bonchev–Trinajstić information content (AvgIpc) is 2.80. The lowest BCUT2D eigenvalue weighted by molar-refractivity contribution is 0.0236. The highest BCUT2D eigenvalue weighted by molar-refractivity contribution is 7.91. The number of sulfonamides is 1. The summed E-state index contributed by atoms with van der Waals surface area (Å²) in [5.74, 6) is 0. The van der Waals surface area contributed by atoms with Crippen molar-refractivity contribution in [2.24, 2.45) is 0 Å². The van der Waals surface area contributed by atoms with Gasteiger partial charge in [0.25, 0.3) is 0 Å². The molecule has 0 radical (unpaired) electrons. The Balaban J connectivity index is 1.92. The van der Waals surface area contributed by atoms with E-state index < -0.39 is 10.0 Å². The molecule has 0 atom stereocenters. The molecule has 0 spiro atoms. The van der Waals surface area contributed by atoms with E-state index in [4.69, 9.17) is 4.74 Å². The highest BCUT2D eigenvalue weighted by atomic mass is 32.2. The van der Waals surface area contributed by atoms with Crippen LogP contribution in [0, 0.1) is 0 Å². The maximum atomic E-state index is 12.2. The zero-order valence-electron chi connectivity index (χ0n) is 12.0. The van der Waals surface area contributed by atoms with E-state index in [1.807, 2.05) is 5.38 Å². The molecule has 7 heteroatoms. The van der Waals surface area contributed by atoms with Crippen LogP contribution in [0.15, 0.2) is 15.7 Å². The molecule has 2 rings (SSSR count). The maximum Gasteiger partial charge on any atom is 0.250 e. The number of hydrogen-bond acceptors (Lipinski definition) is 5. The quantitative estimate of drug-likeness (QED) is 0.803. The summed E-state index contributed by atoms with van der Waals surface area (Å²) < 4.78 is 32.7.